The van der Waals surface area contributed by atoms with Crippen LogP contribution >= 0.6 is 0 Å². The van der Waals surface area contributed by atoms with E-state index in [9.17, 15) is 19.7 Å². The smallest absolute Gasteiger partial charge is 0.337 e. The van der Waals surface area contributed by atoms with Gasteiger partial charge in [-0.05, 0) is 25.0 Å². The van der Waals surface area contributed by atoms with Gasteiger partial charge in [0.15, 0.2) is 0 Å². The number of hydrogen-bond acceptors (Lipinski definition) is 10. The van der Waals surface area contributed by atoms with Gasteiger partial charge in [0.25, 0.3) is 5.69 Å². The Bertz CT molecular complexity index is 1240. The fourth-order valence-corrected chi connectivity index (χ4v) is 3.91. The molecule has 0 aliphatic carbocycles. The molecule has 1 heterocycles. The third-order valence-corrected chi connectivity index (χ3v) is 5.48. The van der Waals surface area contributed by atoms with Gasteiger partial charge in [0.05, 0.1) is 53.7 Å². The van der Waals surface area contributed by atoms with Gasteiger partial charge in [-0.1, -0.05) is 47.6 Å². The summed E-state index contributed by atoms with van der Waals surface area (Å²) < 4.78 is 16.2. The first-order chi connectivity index (χ1) is 17.9. The van der Waals surface area contributed by atoms with E-state index in [0.29, 0.717) is 12.3 Å². The SMILES string of the molecule is CCOC(=O)C1=C(C=NO)NC(C)=C(C(=O)OCCOCc2ccccc2)C1c1cccc([N+](=O)[O-])c1. The molecule has 0 amide bonds. The van der Waals surface area contributed by atoms with E-state index in [2.05, 4.69) is 10.5 Å². The standard InChI is InChI=1S/C26H27N3O8/c1-3-36-26(31)24-21(15-27-32)28-17(2)22(23(24)19-10-7-11-20(14-19)29(33)34)25(30)37-13-12-35-16-18-8-5-4-6-9-18/h4-11,14-15,23,28,32H,3,12-13,16H2,1-2H3. The van der Waals surface area contributed by atoms with E-state index in [1.807, 2.05) is 30.3 Å². The number of benzene rings is 2. The van der Waals surface area contributed by atoms with Crippen LogP contribution in [0.15, 0.2) is 82.3 Å². The Hall–Kier alpha value is -4.51. The van der Waals surface area contributed by atoms with Gasteiger partial charge in [0.2, 0.25) is 0 Å². The molecule has 0 saturated carbocycles. The van der Waals surface area contributed by atoms with Gasteiger partial charge in [-0.25, -0.2) is 9.59 Å². The maximum absolute atomic E-state index is 13.3. The number of non-ortho nitro benzene ring substituents is 1. The quantitative estimate of drug-likeness (QED) is 0.116. The van der Waals surface area contributed by atoms with Crippen molar-refractivity contribution < 1.29 is 33.9 Å². The summed E-state index contributed by atoms with van der Waals surface area (Å²) in [5, 5.41) is 26.5. The maximum Gasteiger partial charge on any atom is 0.337 e. The lowest BCUT2D eigenvalue weighted by Crippen LogP contribution is -2.34. The van der Waals surface area contributed by atoms with Gasteiger partial charge >= 0.3 is 11.9 Å². The number of ether oxygens (including phenoxy) is 3. The van der Waals surface area contributed by atoms with E-state index in [0.717, 1.165) is 11.8 Å². The average molecular weight is 510 g/mol. The molecule has 1 atom stereocenters. The normalized spacial score (nSPS) is 15.5. The summed E-state index contributed by atoms with van der Waals surface area (Å²) in [6.07, 6.45) is 1.000. The largest absolute Gasteiger partial charge is 0.463 e. The predicted octanol–water partition coefficient (Wildman–Crippen LogP) is 3.59. The monoisotopic (exact) mass is 509 g/mol. The second-order valence-electron chi connectivity index (χ2n) is 7.92. The van der Waals surface area contributed by atoms with Crippen molar-refractivity contribution >= 4 is 23.8 Å². The van der Waals surface area contributed by atoms with Gasteiger partial charge in [0, 0.05) is 17.8 Å². The number of nitro groups is 1. The van der Waals surface area contributed by atoms with Crippen molar-refractivity contribution in [3.8, 4) is 0 Å². The zero-order chi connectivity index (χ0) is 26.8. The molecule has 0 bridgehead atoms. The number of nitrogens with one attached hydrogen (secondary N) is 1. The van der Waals surface area contributed by atoms with Gasteiger partial charge in [0.1, 0.15) is 6.61 Å². The zero-order valence-corrected chi connectivity index (χ0v) is 20.4. The van der Waals surface area contributed by atoms with E-state index < -0.39 is 22.8 Å². The Balaban J connectivity index is 1.91. The van der Waals surface area contributed by atoms with E-state index in [4.69, 9.17) is 19.4 Å². The number of esters is 2. The summed E-state index contributed by atoms with van der Waals surface area (Å²) in [5.41, 5.74) is 1.43. The van der Waals surface area contributed by atoms with Crippen LogP contribution < -0.4 is 5.32 Å². The minimum Gasteiger partial charge on any atom is -0.463 e. The first-order valence-electron chi connectivity index (χ1n) is 11.5. The number of carbonyl (C=O) groups excluding carboxylic acids is 2. The lowest BCUT2D eigenvalue weighted by molar-refractivity contribution is -0.384. The second-order valence-corrected chi connectivity index (χ2v) is 7.92. The molecule has 0 fully saturated rings. The Morgan fingerprint density at radius 3 is 2.49 bits per heavy atom. The number of nitrogens with zero attached hydrogens (tertiary/aromatic N) is 2. The fraction of sp³-hybridized carbons (Fsp3) is 0.269. The fourth-order valence-electron chi connectivity index (χ4n) is 3.91. The molecular formula is C26H27N3O8. The molecule has 2 aromatic rings. The Morgan fingerprint density at radius 2 is 1.81 bits per heavy atom. The summed E-state index contributed by atoms with van der Waals surface area (Å²) in [5.74, 6) is -2.62. The van der Waals surface area contributed by atoms with E-state index in [-0.39, 0.29) is 47.9 Å². The molecule has 0 radical (unpaired) electrons. The van der Waals surface area contributed by atoms with Crippen molar-refractivity contribution in [2.45, 2.75) is 26.4 Å². The predicted molar refractivity (Wildman–Crippen MR) is 133 cm³/mol. The van der Waals surface area contributed by atoms with Gasteiger partial charge in [-0.3, -0.25) is 10.1 Å². The third kappa shape index (κ3) is 6.79. The first-order valence-corrected chi connectivity index (χ1v) is 11.5. The topological polar surface area (TPSA) is 150 Å². The number of hydrogen-bond donors (Lipinski definition) is 2. The van der Waals surface area contributed by atoms with Crippen LogP contribution in [0.25, 0.3) is 0 Å². The van der Waals surface area contributed by atoms with E-state index in [1.54, 1.807) is 19.9 Å². The van der Waals surface area contributed by atoms with Crippen LogP contribution in [0.3, 0.4) is 0 Å². The highest BCUT2D eigenvalue weighted by molar-refractivity contribution is 6.04. The summed E-state index contributed by atoms with van der Waals surface area (Å²) in [6.45, 7) is 3.65. The zero-order valence-electron chi connectivity index (χ0n) is 20.4. The molecule has 0 spiro atoms. The van der Waals surface area contributed by atoms with Crippen LogP contribution in [0.1, 0.15) is 30.9 Å². The molecule has 1 aliphatic heterocycles. The minimum atomic E-state index is -1.09. The molecule has 3 rings (SSSR count). The number of carbonyl (C=O) groups is 2. The molecule has 1 aliphatic rings. The lowest BCUT2D eigenvalue weighted by atomic mass is 9.80. The first kappa shape index (κ1) is 27.1. The Labute approximate surface area is 213 Å². The highest BCUT2D eigenvalue weighted by atomic mass is 16.6. The minimum absolute atomic E-state index is 0.0365. The van der Waals surface area contributed by atoms with Crippen LogP contribution in [0.5, 0.6) is 0 Å². The summed E-state index contributed by atoms with van der Waals surface area (Å²) in [4.78, 5) is 37.1. The summed E-state index contributed by atoms with van der Waals surface area (Å²) in [6, 6.07) is 15.1. The molecule has 194 valence electrons. The molecule has 0 saturated heterocycles. The van der Waals surface area contributed by atoms with Gasteiger partial charge < -0.3 is 24.7 Å². The van der Waals surface area contributed by atoms with E-state index >= 15 is 0 Å². The molecule has 37 heavy (non-hydrogen) atoms. The summed E-state index contributed by atoms with van der Waals surface area (Å²) >= 11 is 0. The summed E-state index contributed by atoms with van der Waals surface area (Å²) in [7, 11) is 0. The highest BCUT2D eigenvalue weighted by Gasteiger charge is 2.39. The van der Waals surface area contributed by atoms with Crippen LogP contribution in [-0.4, -0.2) is 48.1 Å². The van der Waals surface area contributed by atoms with Crippen molar-refractivity contribution in [2.24, 2.45) is 5.16 Å². The molecule has 2 N–H and O–H groups in total. The van der Waals surface area contributed by atoms with Crippen molar-refractivity contribution in [2.75, 3.05) is 19.8 Å². The molecule has 2 aromatic carbocycles. The Morgan fingerprint density at radius 1 is 1.08 bits per heavy atom. The van der Waals surface area contributed by atoms with Crippen molar-refractivity contribution in [1.29, 1.82) is 0 Å². The molecule has 0 aromatic heterocycles. The molecule has 11 heteroatoms. The van der Waals surface area contributed by atoms with Crippen molar-refractivity contribution in [1.82, 2.24) is 5.32 Å². The van der Waals surface area contributed by atoms with Crippen LogP contribution in [-0.2, 0) is 30.4 Å². The molecular weight excluding hydrogens is 482 g/mol. The maximum atomic E-state index is 13.3. The third-order valence-electron chi connectivity index (χ3n) is 5.48. The van der Waals surface area contributed by atoms with Gasteiger partial charge in [-0.15, -0.1) is 0 Å². The lowest BCUT2D eigenvalue weighted by Gasteiger charge is -2.30. The second kappa shape index (κ2) is 13.0. The van der Waals surface area contributed by atoms with Crippen molar-refractivity contribution in [3.63, 3.8) is 0 Å². The van der Waals surface area contributed by atoms with Crippen LogP contribution in [0, 0.1) is 10.1 Å². The number of oxime groups is 1. The van der Waals surface area contributed by atoms with Crippen molar-refractivity contribution in [3.05, 3.63) is 98.4 Å². The molecule has 11 nitrogen and oxygen atoms in total. The van der Waals surface area contributed by atoms with Crippen LogP contribution in [0.4, 0.5) is 5.69 Å². The average Bonchev–Trinajstić information content (AvgIpc) is 2.89. The van der Waals surface area contributed by atoms with E-state index in [1.165, 1.54) is 18.2 Å². The highest BCUT2D eigenvalue weighted by Crippen LogP contribution is 2.40. The Kier molecular flexibility index (Phi) is 9.50. The number of nitro benzene ring substituents is 1. The van der Waals surface area contributed by atoms with Crippen LogP contribution in [0.2, 0.25) is 0 Å². The number of rotatable bonds is 11. The van der Waals surface area contributed by atoms with Gasteiger partial charge in [-0.2, -0.15) is 0 Å². The molecule has 1 unspecified atom stereocenters. The number of allylic oxidation sites excluding steroid dienone is 2. The number of dihydropyridines is 1.